The van der Waals surface area contributed by atoms with E-state index in [4.69, 9.17) is 11.6 Å². The van der Waals surface area contributed by atoms with E-state index in [0.29, 0.717) is 4.47 Å². The van der Waals surface area contributed by atoms with Gasteiger partial charge in [0, 0.05) is 29.0 Å². The molecule has 0 saturated heterocycles. The van der Waals surface area contributed by atoms with Crippen LogP contribution in [0.5, 0.6) is 0 Å². The van der Waals surface area contributed by atoms with Gasteiger partial charge in [-0.3, -0.25) is 0 Å². The summed E-state index contributed by atoms with van der Waals surface area (Å²) in [5, 5.41) is 2.12. The highest BCUT2D eigenvalue weighted by atomic mass is 35.5. The van der Waals surface area contributed by atoms with Crippen molar-refractivity contribution in [3.63, 3.8) is 0 Å². The first-order valence-electron chi connectivity index (χ1n) is 5.05. The van der Waals surface area contributed by atoms with Gasteiger partial charge in [0.1, 0.15) is 0 Å². The van der Waals surface area contributed by atoms with E-state index in [1.165, 1.54) is 9.75 Å². The molecule has 2 nitrogen and oxygen atoms in total. The van der Waals surface area contributed by atoms with Crippen molar-refractivity contribution in [3.05, 3.63) is 37.9 Å². The maximum absolute atomic E-state index is 5.79. The Labute approximate surface area is 109 Å². The Balaban J connectivity index is 1.78. The van der Waals surface area contributed by atoms with Crippen molar-refractivity contribution in [2.24, 2.45) is 0 Å². The number of halogens is 1. The maximum Gasteiger partial charge on any atom is 0.183 e. The lowest BCUT2D eigenvalue weighted by Crippen LogP contribution is -2.19. The number of nitrogens with zero attached hydrogens (tertiary/aromatic N) is 2. The molecule has 0 unspecified atom stereocenters. The summed E-state index contributed by atoms with van der Waals surface area (Å²) >= 11 is 9.17. The van der Waals surface area contributed by atoms with Gasteiger partial charge in [0.15, 0.2) is 4.47 Å². The van der Waals surface area contributed by atoms with Crippen LogP contribution in [0.1, 0.15) is 9.75 Å². The molecule has 2 aromatic heterocycles. The molecule has 0 atom stereocenters. The molecule has 2 heterocycles. The van der Waals surface area contributed by atoms with Crippen LogP contribution >= 0.6 is 34.3 Å². The molecule has 0 aromatic carbocycles. The van der Waals surface area contributed by atoms with Gasteiger partial charge in [-0.2, -0.15) is 0 Å². The minimum atomic E-state index is 0.627. The minimum absolute atomic E-state index is 0.627. The van der Waals surface area contributed by atoms with Gasteiger partial charge in [0.25, 0.3) is 0 Å². The molecular weight excluding hydrogens is 260 g/mol. The Morgan fingerprint density at radius 1 is 1.44 bits per heavy atom. The van der Waals surface area contributed by atoms with Gasteiger partial charge in [-0.05, 0) is 24.9 Å². The second-order valence-corrected chi connectivity index (χ2v) is 6.38. The zero-order chi connectivity index (χ0) is 11.4. The molecule has 0 spiro atoms. The van der Waals surface area contributed by atoms with Crippen molar-refractivity contribution >= 4 is 34.3 Å². The molecule has 0 aliphatic carbocycles. The fraction of sp³-hybridized carbons (Fsp3) is 0.364. The van der Waals surface area contributed by atoms with E-state index in [0.717, 1.165) is 19.5 Å². The quantitative estimate of drug-likeness (QED) is 0.828. The predicted molar refractivity (Wildman–Crippen MR) is 71.5 cm³/mol. The molecule has 16 heavy (non-hydrogen) atoms. The standard InChI is InChI=1S/C11H13ClN2S2/c1-14(5-4-9-3-2-6-15-9)8-10-7-13-11(12)16-10/h2-3,6-7H,4-5,8H2,1H3. The zero-order valence-corrected chi connectivity index (χ0v) is 11.4. The Hall–Kier alpha value is -0.420. The van der Waals surface area contributed by atoms with Gasteiger partial charge >= 0.3 is 0 Å². The van der Waals surface area contributed by atoms with E-state index >= 15 is 0 Å². The average molecular weight is 273 g/mol. The van der Waals surface area contributed by atoms with E-state index in [9.17, 15) is 0 Å². The first-order valence-corrected chi connectivity index (χ1v) is 7.12. The molecule has 0 radical (unpaired) electrons. The Morgan fingerprint density at radius 2 is 2.31 bits per heavy atom. The number of hydrogen-bond acceptors (Lipinski definition) is 4. The largest absolute Gasteiger partial charge is 0.301 e. The van der Waals surface area contributed by atoms with Crippen LogP contribution < -0.4 is 0 Å². The lowest BCUT2D eigenvalue weighted by Gasteiger charge is -2.14. The molecule has 5 heteroatoms. The number of likely N-dealkylation sites (N-methyl/N-ethyl adjacent to an activating group) is 1. The third-order valence-electron chi connectivity index (χ3n) is 2.27. The van der Waals surface area contributed by atoms with Crippen LogP contribution in [-0.2, 0) is 13.0 Å². The number of hydrogen-bond donors (Lipinski definition) is 0. The van der Waals surface area contributed by atoms with Gasteiger partial charge in [-0.15, -0.1) is 22.7 Å². The van der Waals surface area contributed by atoms with Crippen molar-refractivity contribution in [2.45, 2.75) is 13.0 Å². The molecule has 0 saturated carbocycles. The Morgan fingerprint density at radius 3 is 2.94 bits per heavy atom. The monoisotopic (exact) mass is 272 g/mol. The van der Waals surface area contributed by atoms with Crippen molar-refractivity contribution in [1.82, 2.24) is 9.88 Å². The fourth-order valence-electron chi connectivity index (χ4n) is 1.46. The second kappa shape index (κ2) is 5.77. The van der Waals surface area contributed by atoms with Gasteiger partial charge in [0.2, 0.25) is 0 Å². The summed E-state index contributed by atoms with van der Waals surface area (Å²) < 4.78 is 0.627. The number of thiophene rings is 1. The minimum Gasteiger partial charge on any atom is -0.301 e. The SMILES string of the molecule is CN(CCc1cccs1)Cc1cnc(Cl)s1. The summed E-state index contributed by atoms with van der Waals surface area (Å²) in [5.41, 5.74) is 0. The van der Waals surface area contributed by atoms with Crippen LogP contribution in [0.4, 0.5) is 0 Å². The molecule has 0 N–H and O–H groups in total. The van der Waals surface area contributed by atoms with Gasteiger partial charge < -0.3 is 4.90 Å². The summed E-state index contributed by atoms with van der Waals surface area (Å²) in [4.78, 5) is 8.99. The van der Waals surface area contributed by atoms with Gasteiger partial charge in [0.05, 0.1) is 0 Å². The van der Waals surface area contributed by atoms with Gasteiger partial charge in [-0.1, -0.05) is 17.7 Å². The van der Waals surface area contributed by atoms with Crippen LogP contribution in [-0.4, -0.2) is 23.5 Å². The first kappa shape index (κ1) is 12.0. The lowest BCUT2D eigenvalue weighted by molar-refractivity contribution is 0.335. The average Bonchev–Trinajstić information content (AvgIpc) is 2.87. The normalized spacial score (nSPS) is 11.2. The molecule has 0 aliphatic heterocycles. The topological polar surface area (TPSA) is 16.1 Å². The van der Waals surface area contributed by atoms with Crippen LogP contribution in [0.3, 0.4) is 0 Å². The number of thiazole rings is 1. The third kappa shape index (κ3) is 3.56. The van der Waals surface area contributed by atoms with Crippen LogP contribution in [0.25, 0.3) is 0 Å². The molecule has 2 rings (SSSR count). The molecule has 0 amide bonds. The van der Waals surface area contributed by atoms with E-state index in [-0.39, 0.29) is 0 Å². The number of aromatic nitrogens is 1. The molecule has 0 fully saturated rings. The summed E-state index contributed by atoms with van der Waals surface area (Å²) in [6.07, 6.45) is 2.97. The fourth-order valence-corrected chi connectivity index (χ4v) is 3.21. The highest BCUT2D eigenvalue weighted by Crippen LogP contribution is 2.19. The second-order valence-electron chi connectivity index (χ2n) is 3.65. The van der Waals surface area contributed by atoms with E-state index in [1.807, 2.05) is 17.5 Å². The summed E-state index contributed by atoms with van der Waals surface area (Å²) in [7, 11) is 2.13. The van der Waals surface area contributed by atoms with Crippen LogP contribution in [0, 0.1) is 0 Å². The molecule has 0 bridgehead atoms. The predicted octanol–water partition coefficient (Wildman–Crippen LogP) is 3.53. The zero-order valence-electron chi connectivity index (χ0n) is 9.02. The summed E-state index contributed by atoms with van der Waals surface area (Å²) in [5.74, 6) is 0. The third-order valence-corrected chi connectivity index (χ3v) is 4.31. The van der Waals surface area contributed by atoms with Gasteiger partial charge in [-0.25, -0.2) is 4.98 Å². The van der Waals surface area contributed by atoms with Crippen LogP contribution in [0.15, 0.2) is 23.7 Å². The van der Waals surface area contributed by atoms with Crippen molar-refractivity contribution < 1.29 is 0 Å². The molecule has 2 aromatic rings. The summed E-state index contributed by atoms with van der Waals surface area (Å²) in [6.45, 7) is 1.99. The molecule has 0 aliphatic rings. The first-order chi connectivity index (χ1) is 7.74. The highest BCUT2D eigenvalue weighted by Gasteiger charge is 2.04. The Kier molecular flexibility index (Phi) is 4.35. The maximum atomic E-state index is 5.79. The van der Waals surface area contributed by atoms with E-state index < -0.39 is 0 Å². The Bertz CT molecular complexity index is 425. The molecular formula is C11H13ClN2S2. The lowest BCUT2D eigenvalue weighted by atomic mass is 10.3. The van der Waals surface area contributed by atoms with Crippen LogP contribution in [0.2, 0.25) is 4.47 Å². The van der Waals surface area contributed by atoms with Crippen molar-refractivity contribution in [1.29, 1.82) is 0 Å². The number of rotatable bonds is 5. The smallest absolute Gasteiger partial charge is 0.183 e. The van der Waals surface area contributed by atoms with E-state index in [2.05, 4.69) is 34.4 Å². The molecule has 86 valence electrons. The van der Waals surface area contributed by atoms with E-state index in [1.54, 1.807) is 11.3 Å². The summed E-state index contributed by atoms with van der Waals surface area (Å²) in [6, 6.07) is 4.28. The highest BCUT2D eigenvalue weighted by molar-refractivity contribution is 7.15. The van der Waals surface area contributed by atoms with Crippen molar-refractivity contribution in [2.75, 3.05) is 13.6 Å². The van der Waals surface area contributed by atoms with Crippen molar-refractivity contribution in [3.8, 4) is 0 Å².